The average Bonchev–Trinajstić information content (AvgIpc) is 3.01. The molecule has 0 saturated heterocycles. The Labute approximate surface area is 133 Å². The zero-order valence-corrected chi connectivity index (χ0v) is 13.1. The zero-order chi connectivity index (χ0) is 16.7. The largest absolute Gasteiger partial charge is 0.427 e. The van der Waals surface area contributed by atoms with Crippen LogP contribution in [0.15, 0.2) is 30.6 Å². The van der Waals surface area contributed by atoms with Crippen LogP contribution < -0.4 is 10.1 Å². The first kappa shape index (κ1) is 16.6. The molecule has 0 aliphatic rings. The van der Waals surface area contributed by atoms with Crippen molar-refractivity contribution in [1.82, 2.24) is 25.5 Å². The van der Waals surface area contributed by atoms with Gasteiger partial charge in [-0.1, -0.05) is 0 Å². The van der Waals surface area contributed by atoms with E-state index in [-0.39, 0.29) is 24.3 Å². The van der Waals surface area contributed by atoms with E-state index < -0.39 is 0 Å². The molecular formula is C15H19N5O3. The van der Waals surface area contributed by atoms with Gasteiger partial charge in [-0.05, 0) is 55.0 Å². The highest BCUT2D eigenvalue weighted by atomic mass is 16.5. The molecule has 0 radical (unpaired) electrons. The Morgan fingerprint density at radius 1 is 1.22 bits per heavy atom. The van der Waals surface area contributed by atoms with Gasteiger partial charge in [-0.3, -0.25) is 9.59 Å². The topological polar surface area (TPSA) is 99.0 Å². The standard InChI is InChI=1S/C15H19N5O3/c1-11(2)17-14(21)4-3-5-15(22)23-13-8-6-12(7-9-13)20-10-16-18-19-20/h6-11H,3-5H2,1-2H3,(H,17,21). The molecular weight excluding hydrogens is 298 g/mol. The Hall–Kier alpha value is -2.77. The number of tetrazole rings is 1. The molecule has 0 saturated carbocycles. The number of ether oxygens (including phenoxy) is 1. The quantitative estimate of drug-likeness (QED) is 0.610. The number of hydrogen-bond acceptors (Lipinski definition) is 6. The molecule has 0 fully saturated rings. The lowest BCUT2D eigenvalue weighted by Gasteiger charge is -2.08. The molecule has 0 unspecified atom stereocenters. The molecule has 0 aliphatic carbocycles. The maximum Gasteiger partial charge on any atom is 0.311 e. The summed E-state index contributed by atoms with van der Waals surface area (Å²) in [6.07, 6.45) is 2.44. The van der Waals surface area contributed by atoms with Crippen molar-refractivity contribution in [1.29, 1.82) is 0 Å². The zero-order valence-electron chi connectivity index (χ0n) is 13.1. The second-order valence-corrected chi connectivity index (χ2v) is 5.30. The maximum atomic E-state index is 11.7. The Morgan fingerprint density at radius 2 is 1.96 bits per heavy atom. The number of hydrogen-bond donors (Lipinski definition) is 1. The van der Waals surface area contributed by atoms with E-state index in [9.17, 15) is 9.59 Å². The predicted octanol–water partition coefficient (Wildman–Crippen LogP) is 1.26. The summed E-state index contributed by atoms with van der Waals surface area (Å²) in [7, 11) is 0. The van der Waals surface area contributed by atoms with E-state index >= 15 is 0 Å². The van der Waals surface area contributed by atoms with Crippen molar-refractivity contribution in [3.8, 4) is 11.4 Å². The number of esters is 1. The van der Waals surface area contributed by atoms with E-state index in [4.69, 9.17) is 4.74 Å². The summed E-state index contributed by atoms with van der Waals surface area (Å²) in [5.74, 6) is 0.0228. The third-order valence-electron chi connectivity index (χ3n) is 2.92. The van der Waals surface area contributed by atoms with Crippen molar-refractivity contribution in [2.24, 2.45) is 0 Å². The number of carbonyl (C=O) groups is 2. The van der Waals surface area contributed by atoms with Crippen molar-refractivity contribution in [2.45, 2.75) is 39.2 Å². The lowest BCUT2D eigenvalue weighted by atomic mass is 10.2. The fourth-order valence-corrected chi connectivity index (χ4v) is 1.92. The lowest BCUT2D eigenvalue weighted by molar-refractivity contribution is -0.134. The van der Waals surface area contributed by atoms with Crippen LogP contribution in [-0.2, 0) is 9.59 Å². The predicted molar refractivity (Wildman–Crippen MR) is 81.9 cm³/mol. The van der Waals surface area contributed by atoms with Crippen LogP contribution in [0.1, 0.15) is 33.1 Å². The number of aromatic nitrogens is 4. The molecule has 23 heavy (non-hydrogen) atoms. The second-order valence-electron chi connectivity index (χ2n) is 5.30. The van der Waals surface area contributed by atoms with Gasteiger partial charge in [-0.25, -0.2) is 4.68 Å². The van der Waals surface area contributed by atoms with E-state index in [2.05, 4.69) is 20.8 Å². The molecule has 0 bridgehead atoms. The first-order chi connectivity index (χ1) is 11.0. The minimum Gasteiger partial charge on any atom is -0.427 e. The van der Waals surface area contributed by atoms with E-state index in [1.54, 1.807) is 24.3 Å². The smallest absolute Gasteiger partial charge is 0.311 e. The number of amides is 1. The van der Waals surface area contributed by atoms with Crippen molar-refractivity contribution < 1.29 is 14.3 Å². The third kappa shape index (κ3) is 5.50. The molecule has 1 heterocycles. The minimum absolute atomic E-state index is 0.0569. The Kier molecular flexibility index (Phi) is 5.79. The van der Waals surface area contributed by atoms with Gasteiger partial charge < -0.3 is 10.1 Å². The summed E-state index contributed by atoms with van der Waals surface area (Å²) in [4.78, 5) is 23.2. The summed E-state index contributed by atoms with van der Waals surface area (Å²) in [6, 6.07) is 6.93. The number of carbonyl (C=O) groups excluding carboxylic acids is 2. The molecule has 1 aromatic carbocycles. The maximum absolute atomic E-state index is 11.7. The molecule has 1 N–H and O–H groups in total. The first-order valence-corrected chi connectivity index (χ1v) is 7.38. The van der Waals surface area contributed by atoms with Crippen molar-refractivity contribution >= 4 is 11.9 Å². The van der Waals surface area contributed by atoms with Gasteiger partial charge in [0.25, 0.3) is 0 Å². The van der Waals surface area contributed by atoms with Crippen LogP contribution in [0.3, 0.4) is 0 Å². The van der Waals surface area contributed by atoms with Crippen molar-refractivity contribution in [3.63, 3.8) is 0 Å². The Balaban J connectivity index is 1.76. The molecule has 122 valence electrons. The van der Waals surface area contributed by atoms with Crippen LogP contribution in [-0.4, -0.2) is 38.1 Å². The normalized spacial score (nSPS) is 10.6. The molecule has 8 nitrogen and oxygen atoms in total. The van der Waals surface area contributed by atoms with Crippen LogP contribution in [0.25, 0.3) is 5.69 Å². The van der Waals surface area contributed by atoms with Crippen LogP contribution in [0.2, 0.25) is 0 Å². The van der Waals surface area contributed by atoms with E-state index in [1.165, 1.54) is 11.0 Å². The Morgan fingerprint density at radius 3 is 2.57 bits per heavy atom. The highest BCUT2D eigenvalue weighted by molar-refractivity contribution is 5.77. The van der Waals surface area contributed by atoms with Crippen LogP contribution in [0.4, 0.5) is 0 Å². The molecule has 1 aromatic heterocycles. The van der Waals surface area contributed by atoms with Crippen molar-refractivity contribution in [3.05, 3.63) is 30.6 Å². The monoisotopic (exact) mass is 317 g/mol. The minimum atomic E-state index is -0.363. The average molecular weight is 317 g/mol. The summed E-state index contributed by atoms with van der Waals surface area (Å²) < 4.78 is 6.72. The summed E-state index contributed by atoms with van der Waals surface area (Å²) in [6.45, 7) is 3.79. The number of nitrogens with zero attached hydrogens (tertiary/aromatic N) is 4. The van der Waals surface area contributed by atoms with Gasteiger partial charge in [-0.15, -0.1) is 5.10 Å². The van der Waals surface area contributed by atoms with Gasteiger partial charge in [0.2, 0.25) is 5.91 Å². The summed E-state index contributed by atoms with van der Waals surface area (Å²) in [5.41, 5.74) is 0.764. The molecule has 8 heteroatoms. The van der Waals surface area contributed by atoms with Gasteiger partial charge >= 0.3 is 5.97 Å². The summed E-state index contributed by atoms with van der Waals surface area (Å²) >= 11 is 0. The second kappa shape index (κ2) is 8.02. The van der Waals surface area contributed by atoms with Crippen molar-refractivity contribution in [2.75, 3.05) is 0 Å². The fourth-order valence-electron chi connectivity index (χ4n) is 1.92. The van der Waals surface area contributed by atoms with Gasteiger partial charge in [0, 0.05) is 18.9 Å². The van der Waals surface area contributed by atoms with Crippen LogP contribution in [0, 0.1) is 0 Å². The number of rotatable bonds is 7. The third-order valence-corrected chi connectivity index (χ3v) is 2.92. The van der Waals surface area contributed by atoms with E-state index in [0.717, 1.165) is 5.69 Å². The summed E-state index contributed by atoms with van der Waals surface area (Å²) in [5, 5.41) is 13.6. The molecule has 1 amide bonds. The fraction of sp³-hybridized carbons (Fsp3) is 0.400. The molecule has 0 aliphatic heterocycles. The van der Waals surface area contributed by atoms with E-state index in [1.807, 2.05) is 13.8 Å². The molecule has 0 spiro atoms. The molecule has 2 aromatic rings. The highest BCUT2D eigenvalue weighted by Crippen LogP contribution is 2.15. The molecule has 2 rings (SSSR count). The Bertz CT molecular complexity index is 638. The van der Waals surface area contributed by atoms with Gasteiger partial charge in [0.05, 0.1) is 5.69 Å². The number of benzene rings is 1. The van der Waals surface area contributed by atoms with Crippen LogP contribution in [0.5, 0.6) is 5.75 Å². The van der Waals surface area contributed by atoms with Crippen LogP contribution >= 0.6 is 0 Å². The highest BCUT2D eigenvalue weighted by Gasteiger charge is 2.08. The van der Waals surface area contributed by atoms with Gasteiger partial charge in [0.1, 0.15) is 12.1 Å². The molecule has 0 atom stereocenters. The lowest BCUT2D eigenvalue weighted by Crippen LogP contribution is -2.29. The van der Waals surface area contributed by atoms with Gasteiger partial charge in [0.15, 0.2) is 0 Å². The first-order valence-electron chi connectivity index (χ1n) is 7.38. The number of nitrogens with one attached hydrogen (secondary N) is 1. The SMILES string of the molecule is CC(C)NC(=O)CCCC(=O)Oc1ccc(-n2cnnn2)cc1. The van der Waals surface area contributed by atoms with Gasteiger partial charge in [-0.2, -0.15) is 0 Å². The van der Waals surface area contributed by atoms with E-state index in [0.29, 0.717) is 18.6 Å².